The molecule has 1 N–H and O–H groups in total. The minimum absolute atomic E-state index is 0.179. The van der Waals surface area contributed by atoms with Crippen LogP contribution in [0.1, 0.15) is 32.1 Å². The Morgan fingerprint density at radius 2 is 1.67 bits per heavy atom. The SMILES string of the molecule is COc1ccc(-n2nc(OC3CCCCC3)nc2-c2ccc(O)cc2)cc1. The van der Waals surface area contributed by atoms with Gasteiger partial charge in [-0.3, -0.25) is 0 Å². The molecule has 6 nitrogen and oxygen atoms in total. The topological polar surface area (TPSA) is 69.4 Å². The fraction of sp³-hybridized carbons (Fsp3) is 0.333. The molecule has 0 unspecified atom stereocenters. The summed E-state index contributed by atoms with van der Waals surface area (Å²) in [6, 6.07) is 15.0. The van der Waals surface area contributed by atoms with E-state index in [9.17, 15) is 5.11 Å². The highest BCUT2D eigenvalue weighted by molar-refractivity contribution is 5.59. The van der Waals surface area contributed by atoms with E-state index in [2.05, 4.69) is 10.1 Å². The lowest BCUT2D eigenvalue weighted by atomic mass is 9.98. The summed E-state index contributed by atoms with van der Waals surface area (Å²) in [5.41, 5.74) is 1.72. The Balaban J connectivity index is 1.70. The van der Waals surface area contributed by atoms with Crippen LogP contribution < -0.4 is 9.47 Å². The van der Waals surface area contributed by atoms with E-state index >= 15 is 0 Å². The van der Waals surface area contributed by atoms with Crippen LogP contribution in [0.3, 0.4) is 0 Å². The molecule has 0 atom stereocenters. The van der Waals surface area contributed by atoms with Crippen molar-refractivity contribution >= 4 is 0 Å². The molecule has 0 aliphatic heterocycles. The maximum atomic E-state index is 9.59. The average molecular weight is 365 g/mol. The Hall–Kier alpha value is -3.02. The Kier molecular flexibility index (Phi) is 4.96. The molecule has 1 heterocycles. The van der Waals surface area contributed by atoms with E-state index in [0.29, 0.717) is 11.8 Å². The molecule has 1 fully saturated rings. The maximum Gasteiger partial charge on any atom is 0.336 e. The van der Waals surface area contributed by atoms with E-state index in [4.69, 9.17) is 9.47 Å². The largest absolute Gasteiger partial charge is 0.508 e. The second-order valence-corrected chi connectivity index (χ2v) is 6.75. The van der Waals surface area contributed by atoms with Crippen LogP contribution in [0.15, 0.2) is 48.5 Å². The smallest absolute Gasteiger partial charge is 0.336 e. The molecule has 0 saturated heterocycles. The number of ether oxygens (including phenoxy) is 2. The lowest BCUT2D eigenvalue weighted by Gasteiger charge is -2.20. The molecule has 0 radical (unpaired) electrons. The second-order valence-electron chi connectivity index (χ2n) is 6.75. The highest BCUT2D eigenvalue weighted by Gasteiger charge is 2.20. The van der Waals surface area contributed by atoms with Gasteiger partial charge in [-0.2, -0.15) is 4.98 Å². The third-order valence-electron chi connectivity index (χ3n) is 4.85. The summed E-state index contributed by atoms with van der Waals surface area (Å²) >= 11 is 0. The van der Waals surface area contributed by atoms with Crippen molar-refractivity contribution < 1.29 is 14.6 Å². The molecule has 27 heavy (non-hydrogen) atoms. The number of hydrogen-bond donors (Lipinski definition) is 1. The van der Waals surface area contributed by atoms with Gasteiger partial charge in [0, 0.05) is 5.56 Å². The number of phenolic OH excluding ortho intramolecular Hbond substituents is 1. The molecule has 3 aromatic rings. The zero-order valence-corrected chi connectivity index (χ0v) is 15.3. The van der Waals surface area contributed by atoms with Gasteiger partial charge in [0.25, 0.3) is 0 Å². The molecule has 4 rings (SSSR count). The van der Waals surface area contributed by atoms with E-state index in [-0.39, 0.29) is 11.9 Å². The van der Waals surface area contributed by atoms with Gasteiger partial charge in [0.2, 0.25) is 0 Å². The van der Waals surface area contributed by atoms with Crippen LogP contribution in [0, 0.1) is 0 Å². The Morgan fingerprint density at radius 1 is 0.963 bits per heavy atom. The van der Waals surface area contributed by atoms with Gasteiger partial charge in [-0.05, 0) is 74.2 Å². The molecule has 6 heteroatoms. The second kappa shape index (κ2) is 7.70. The first-order chi connectivity index (χ1) is 13.2. The monoisotopic (exact) mass is 365 g/mol. The highest BCUT2D eigenvalue weighted by Crippen LogP contribution is 2.28. The van der Waals surface area contributed by atoms with Crippen LogP contribution in [0.5, 0.6) is 17.5 Å². The number of phenols is 1. The van der Waals surface area contributed by atoms with Gasteiger partial charge >= 0.3 is 6.01 Å². The zero-order valence-electron chi connectivity index (χ0n) is 15.3. The van der Waals surface area contributed by atoms with Crippen molar-refractivity contribution in [2.24, 2.45) is 0 Å². The van der Waals surface area contributed by atoms with Crippen molar-refractivity contribution in [3.8, 4) is 34.6 Å². The van der Waals surface area contributed by atoms with Crippen LogP contribution in [0.25, 0.3) is 17.1 Å². The number of hydrogen-bond acceptors (Lipinski definition) is 5. The average Bonchev–Trinajstić information content (AvgIpc) is 3.13. The van der Waals surface area contributed by atoms with Crippen LogP contribution >= 0.6 is 0 Å². The van der Waals surface area contributed by atoms with Crippen molar-refractivity contribution in [1.82, 2.24) is 14.8 Å². The molecule has 1 aliphatic carbocycles. The van der Waals surface area contributed by atoms with Crippen LogP contribution in [-0.2, 0) is 0 Å². The van der Waals surface area contributed by atoms with Crippen LogP contribution in [0.4, 0.5) is 0 Å². The summed E-state index contributed by atoms with van der Waals surface area (Å²) in [6.45, 7) is 0. The van der Waals surface area contributed by atoms with Gasteiger partial charge in [0.15, 0.2) is 5.82 Å². The van der Waals surface area contributed by atoms with Crippen molar-refractivity contribution in [2.45, 2.75) is 38.2 Å². The van der Waals surface area contributed by atoms with E-state index in [1.54, 1.807) is 23.9 Å². The Labute approximate surface area is 158 Å². The molecular formula is C21H23N3O3. The Morgan fingerprint density at radius 3 is 2.33 bits per heavy atom. The minimum atomic E-state index is 0.179. The van der Waals surface area contributed by atoms with Crippen molar-refractivity contribution in [3.05, 3.63) is 48.5 Å². The molecule has 2 aromatic carbocycles. The number of rotatable bonds is 5. The molecule has 0 bridgehead atoms. The maximum absolute atomic E-state index is 9.59. The lowest BCUT2D eigenvalue weighted by molar-refractivity contribution is 0.142. The summed E-state index contributed by atoms with van der Waals surface area (Å²) in [6.07, 6.45) is 5.92. The normalized spacial score (nSPS) is 14.9. The molecule has 1 saturated carbocycles. The molecular weight excluding hydrogens is 342 g/mol. The van der Waals surface area contributed by atoms with Gasteiger partial charge in [-0.1, -0.05) is 6.42 Å². The standard InChI is InChI=1S/C21H23N3O3/c1-26-18-13-9-16(10-14-18)24-20(15-7-11-17(25)12-8-15)22-21(23-24)27-19-5-3-2-4-6-19/h7-14,19,25H,2-6H2,1H3. The number of aromatic hydroxyl groups is 1. The highest BCUT2D eigenvalue weighted by atomic mass is 16.5. The van der Waals surface area contributed by atoms with Gasteiger partial charge in [0.05, 0.1) is 12.8 Å². The molecule has 140 valence electrons. The van der Waals surface area contributed by atoms with Crippen LogP contribution in [0.2, 0.25) is 0 Å². The predicted molar refractivity (Wildman–Crippen MR) is 103 cm³/mol. The molecule has 0 amide bonds. The molecule has 1 aliphatic rings. The predicted octanol–water partition coefficient (Wildman–Crippen LogP) is 4.36. The van der Waals surface area contributed by atoms with Gasteiger partial charge < -0.3 is 14.6 Å². The van der Waals surface area contributed by atoms with E-state index < -0.39 is 0 Å². The molecule has 1 aromatic heterocycles. The van der Waals surface area contributed by atoms with Gasteiger partial charge in [-0.15, -0.1) is 5.10 Å². The van der Waals surface area contributed by atoms with Crippen molar-refractivity contribution in [3.63, 3.8) is 0 Å². The first kappa shape index (κ1) is 17.4. The fourth-order valence-corrected chi connectivity index (χ4v) is 3.38. The minimum Gasteiger partial charge on any atom is -0.508 e. The number of benzene rings is 2. The summed E-state index contributed by atoms with van der Waals surface area (Å²) in [5.74, 6) is 1.67. The van der Waals surface area contributed by atoms with E-state index in [1.165, 1.54) is 19.3 Å². The number of aromatic nitrogens is 3. The van der Waals surface area contributed by atoms with E-state index in [0.717, 1.165) is 29.8 Å². The first-order valence-electron chi connectivity index (χ1n) is 9.30. The van der Waals surface area contributed by atoms with Crippen molar-refractivity contribution in [2.75, 3.05) is 7.11 Å². The summed E-state index contributed by atoms with van der Waals surface area (Å²) < 4.78 is 13.1. The molecule has 0 spiro atoms. The fourth-order valence-electron chi connectivity index (χ4n) is 3.38. The summed E-state index contributed by atoms with van der Waals surface area (Å²) in [4.78, 5) is 4.64. The lowest BCUT2D eigenvalue weighted by Crippen LogP contribution is -2.20. The van der Waals surface area contributed by atoms with Crippen LogP contribution in [-0.4, -0.2) is 33.1 Å². The van der Waals surface area contributed by atoms with Gasteiger partial charge in [-0.25, -0.2) is 4.68 Å². The quantitative estimate of drug-likeness (QED) is 0.727. The van der Waals surface area contributed by atoms with Crippen molar-refractivity contribution in [1.29, 1.82) is 0 Å². The third-order valence-corrected chi connectivity index (χ3v) is 4.85. The first-order valence-corrected chi connectivity index (χ1v) is 9.30. The Bertz CT molecular complexity index is 882. The zero-order chi connectivity index (χ0) is 18.6. The summed E-state index contributed by atoms with van der Waals surface area (Å²) in [5, 5.41) is 14.2. The van der Waals surface area contributed by atoms with E-state index in [1.807, 2.05) is 36.4 Å². The number of methoxy groups -OCH3 is 1. The third kappa shape index (κ3) is 3.89. The van der Waals surface area contributed by atoms with Gasteiger partial charge in [0.1, 0.15) is 17.6 Å². The number of nitrogens with zero attached hydrogens (tertiary/aromatic N) is 3. The summed E-state index contributed by atoms with van der Waals surface area (Å²) in [7, 11) is 1.64.